The lowest BCUT2D eigenvalue weighted by Crippen LogP contribution is -2.50. The molecule has 1 aromatic carbocycles. The Balaban J connectivity index is 2.31. The van der Waals surface area contributed by atoms with Crippen molar-refractivity contribution in [2.45, 2.75) is 38.5 Å². The maximum absolute atomic E-state index is 12.7. The SMILES string of the molecule is CCCN1CCCC(C)(c2cccc(OC)c2)C1=O. The van der Waals surface area contributed by atoms with Crippen molar-refractivity contribution >= 4 is 5.91 Å². The summed E-state index contributed by atoms with van der Waals surface area (Å²) < 4.78 is 5.28. The number of carbonyl (C=O) groups excluding carboxylic acids is 1. The number of nitrogens with zero attached hydrogens (tertiary/aromatic N) is 1. The summed E-state index contributed by atoms with van der Waals surface area (Å²) in [5.74, 6) is 1.08. The highest BCUT2D eigenvalue weighted by Gasteiger charge is 2.40. The van der Waals surface area contributed by atoms with Crippen molar-refractivity contribution in [2.24, 2.45) is 0 Å². The van der Waals surface area contributed by atoms with Crippen molar-refractivity contribution < 1.29 is 9.53 Å². The Labute approximate surface area is 115 Å². The minimum Gasteiger partial charge on any atom is -0.497 e. The molecule has 0 saturated carbocycles. The Hall–Kier alpha value is -1.51. The van der Waals surface area contributed by atoms with Gasteiger partial charge in [-0.2, -0.15) is 0 Å². The van der Waals surface area contributed by atoms with Crippen LogP contribution in [0.15, 0.2) is 24.3 Å². The predicted molar refractivity (Wildman–Crippen MR) is 76.5 cm³/mol. The summed E-state index contributed by atoms with van der Waals surface area (Å²) >= 11 is 0. The average Bonchev–Trinajstić information content (AvgIpc) is 2.44. The van der Waals surface area contributed by atoms with E-state index >= 15 is 0 Å². The van der Waals surface area contributed by atoms with Crippen LogP contribution in [0.4, 0.5) is 0 Å². The smallest absolute Gasteiger partial charge is 0.232 e. The summed E-state index contributed by atoms with van der Waals surface area (Å²) in [6, 6.07) is 7.92. The standard InChI is InChI=1S/C16H23NO2/c1-4-10-17-11-6-9-16(2,15(17)18)13-7-5-8-14(12-13)19-3/h5,7-8,12H,4,6,9-11H2,1-3H3. The van der Waals surface area contributed by atoms with Gasteiger partial charge in [0.2, 0.25) is 5.91 Å². The highest BCUT2D eigenvalue weighted by atomic mass is 16.5. The Kier molecular flexibility index (Phi) is 4.13. The van der Waals surface area contributed by atoms with E-state index in [1.54, 1.807) is 7.11 Å². The van der Waals surface area contributed by atoms with Crippen LogP contribution in [-0.2, 0) is 10.2 Å². The van der Waals surface area contributed by atoms with E-state index in [4.69, 9.17) is 4.74 Å². The number of methoxy groups -OCH3 is 1. The topological polar surface area (TPSA) is 29.5 Å². The van der Waals surface area contributed by atoms with Crippen LogP contribution in [0.3, 0.4) is 0 Å². The molecule has 3 heteroatoms. The molecule has 0 aromatic heterocycles. The number of carbonyl (C=O) groups is 1. The second kappa shape index (κ2) is 5.64. The van der Waals surface area contributed by atoms with Gasteiger partial charge in [0.05, 0.1) is 12.5 Å². The number of amides is 1. The molecule has 1 aromatic rings. The molecule has 0 spiro atoms. The molecule has 1 saturated heterocycles. The van der Waals surface area contributed by atoms with Crippen LogP contribution in [0.2, 0.25) is 0 Å². The molecule has 2 rings (SSSR count). The molecule has 0 bridgehead atoms. The molecule has 0 aliphatic carbocycles. The zero-order chi connectivity index (χ0) is 13.9. The molecule has 1 unspecified atom stereocenters. The fourth-order valence-electron chi connectivity index (χ4n) is 2.90. The van der Waals surface area contributed by atoms with Crippen molar-refractivity contribution in [3.05, 3.63) is 29.8 Å². The van der Waals surface area contributed by atoms with Gasteiger partial charge in [0.25, 0.3) is 0 Å². The molecular formula is C16H23NO2. The maximum atomic E-state index is 12.7. The number of benzene rings is 1. The van der Waals surface area contributed by atoms with Crippen molar-refractivity contribution in [1.82, 2.24) is 4.90 Å². The number of ether oxygens (including phenoxy) is 1. The Morgan fingerprint density at radius 2 is 2.21 bits per heavy atom. The highest BCUT2D eigenvalue weighted by Crippen LogP contribution is 2.36. The van der Waals surface area contributed by atoms with E-state index in [-0.39, 0.29) is 5.91 Å². The van der Waals surface area contributed by atoms with Crippen LogP contribution in [0.5, 0.6) is 5.75 Å². The van der Waals surface area contributed by atoms with Crippen molar-refractivity contribution in [3.63, 3.8) is 0 Å². The van der Waals surface area contributed by atoms with Gasteiger partial charge in [0.15, 0.2) is 0 Å². The average molecular weight is 261 g/mol. The summed E-state index contributed by atoms with van der Waals surface area (Å²) in [6.45, 7) is 5.93. The molecule has 0 radical (unpaired) electrons. The van der Waals surface area contributed by atoms with Crippen LogP contribution in [0.1, 0.15) is 38.7 Å². The zero-order valence-electron chi connectivity index (χ0n) is 12.1. The normalized spacial score (nSPS) is 23.5. The lowest BCUT2D eigenvalue weighted by molar-refractivity contribution is -0.140. The molecule has 1 aliphatic rings. The maximum Gasteiger partial charge on any atom is 0.232 e. The van der Waals surface area contributed by atoms with E-state index < -0.39 is 5.41 Å². The Morgan fingerprint density at radius 1 is 1.42 bits per heavy atom. The molecule has 1 heterocycles. The molecule has 1 aliphatic heterocycles. The van der Waals surface area contributed by atoms with E-state index in [0.29, 0.717) is 0 Å². The molecule has 104 valence electrons. The molecule has 1 atom stereocenters. The summed E-state index contributed by atoms with van der Waals surface area (Å²) in [5, 5.41) is 0. The molecular weight excluding hydrogens is 238 g/mol. The third-order valence-corrected chi connectivity index (χ3v) is 4.06. The number of hydrogen-bond acceptors (Lipinski definition) is 2. The monoisotopic (exact) mass is 261 g/mol. The van der Waals surface area contributed by atoms with Crippen LogP contribution in [0.25, 0.3) is 0 Å². The third-order valence-electron chi connectivity index (χ3n) is 4.06. The summed E-state index contributed by atoms with van der Waals surface area (Å²) in [7, 11) is 1.66. The number of rotatable bonds is 4. The fourth-order valence-corrected chi connectivity index (χ4v) is 2.90. The zero-order valence-corrected chi connectivity index (χ0v) is 12.1. The van der Waals surface area contributed by atoms with Gasteiger partial charge in [-0.05, 0) is 43.9 Å². The molecule has 3 nitrogen and oxygen atoms in total. The third kappa shape index (κ3) is 2.60. The van der Waals surface area contributed by atoms with Gasteiger partial charge in [-0.1, -0.05) is 19.1 Å². The molecule has 0 N–H and O–H groups in total. The quantitative estimate of drug-likeness (QED) is 0.834. The van der Waals surface area contributed by atoms with Crippen molar-refractivity contribution in [3.8, 4) is 5.75 Å². The van der Waals surface area contributed by atoms with E-state index in [1.807, 2.05) is 29.2 Å². The highest BCUT2D eigenvalue weighted by molar-refractivity contribution is 5.88. The largest absolute Gasteiger partial charge is 0.497 e. The second-order valence-corrected chi connectivity index (χ2v) is 5.46. The van der Waals surface area contributed by atoms with Crippen molar-refractivity contribution in [2.75, 3.05) is 20.2 Å². The van der Waals surface area contributed by atoms with E-state index in [1.165, 1.54) is 0 Å². The van der Waals surface area contributed by atoms with E-state index in [9.17, 15) is 4.79 Å². The first kappa shape index (κ1) is 13.9. The van der Waals surface area contributed by atoms with Gasteiger partial charge in [-0.3, -0.25) is 4.79 Å². The fraction of sp³-hybridized carbons (Fsp3) is 0.562. The molecule has 1 amide bonds. The van der Waals surface area contributed by atoms with E-state index in [0.717, 1.165) is 43.7 Å². The van der Waals surface area contributed by atoms with Gasteiger partial charge in [-0.25, -0.2) is 0 Å². The summed E-state index contributed by atoms with van der Waals surface area (Å²) in [6.07, 6.45) is 3.00. The molecule has 1 fully saturated rings. The predicted octanol–water partition coefficient (Wildman–Crippen LogP) is 2.99. The Bertz CT molecular complexity index is 456. The first-order valence-electron chi connectivity index (χ1n) is 7.05. The minimum atomic E-state index is -0.401. The van der Waals surface area contributed by atoms with Gasteiger partial charge >= 0.3 is 0 Å². The van der Waals surface area contributed by atoms with Gasteiger partial charge in [0.1, 0.15) is 5.75 Å². The molecule has 19 heavy (non-hydrogen) atoms. The van der Waals surface area contributed by atoms with Crippen LogP contribution < -0.4 is 4.74 Å². The van der Waals surface area contributed by atoms with Crippen LogP contribution in [0, 0.1) is 0 Å². The van der Waals surface area contributed by atoms with Crippen LogP contribution in [-0.4, -0.2) is 31.0 Å². The summed E-state index contributed by atoms with van der Waals surface area (Å²) in [5.41, 5.74) is 0.666. The lowest BCUT2D eigenvalue weighted by Gasteiger charge is -2.39. The first-order valence-corrected chi connectivity index (χ1v) is 7.05. The lowest BCUT2D eigenvalue weighted by atomic mass is 9.75. The number of piperidine rings is 1. The second-order valence-electron chi connectivity index (χ2n) is 5.46. The number of likely N-dealkylation sites (tertiary alicyclic amines) is 1. The number of hydrogen-bond donors (Lipinski definition) is 0. The first-order chi connectivity index (χ1) is 9.11. The van der Waals surface area contributed by atoms with E-state index in [2.05, 4.69) is 13.8 Å². The summed E-state index contributed by atoms with van der Waals surface area (Å²) in [4.78, 5) is 14.7. The van der Waals surface area contributed by atoms with Gasteiger partial charge in [0, 0.05) is 13.1 Å². The van der Waals surface area contributed by atoms with Crippen LogP contribution >= 0.6 is 0 Å². The van der Waals surface area contributed by atoms with Gasteiger partial charge < -0.3 is 9.64 Å². The minimum absolute atomic E-state index is 0.258. The van der Waals surface area contributed by atoms with Crippen molar-refractivity contribution in [1.29, 1.82) is 0 Å². The Morgan fingerprint density at radius 3 is 2.89 bits per heavy atom. The van der Waals surface area contributed by atoms with Gasteiger partial charge in [-0.15, -0.1) is 0 Å².